The standard InChI is InChI=1S/C12H11NO3S/c14-11(13-6-12(15)16)5-8-7-17-10-4-2-1-3-9(8)10/h1-4,7H,5-6H2,(H,13,14)(H,15,16). The van der Waals surface area contributed by atoms with Crippen molar-refractivity contribution in [2.45, 2.75) is 6.42 Å². The zero-order valence-electron chi connectivity index (χ0n) is 8.97. The molecule has 0 bridgehead atoms. The average molecular weight is 249 g/mol. The Bertz CT molecular complexity index is 562. The van der Waals surface area contributed by atoms with Crippen LogP contribution in [-0.2, 0) is 16.0 Å². The third-order valence-electron chi connectivity index (χ3n) is 2.35. The molecule has 1 heterocycles. The summed E-state index contributed by atoms with van der Waals surface area (Å²) in [7, 11) is 0. The van der Waals surface area contributed by atoms with Crippen LogP contribution in [0, 0.1) is 0 Å². The molecular formula is C12H11NO3S. The lowest BCUT2D eigenvalue weighted by Crippen LogP contribution is -2.30. The van der Waals surface area contributed by atoms with Crippen molar-refractivity contribution in [1.82, 2.24) is 5.32 Å². The van der Waals surface area contributed by atoms with E-state index in [2.05, 4.69) is 5.32 Å². The first-order chi connectivity index (χ1) is 8.16. The molecule has 0 saturated heterocycles. The van der Waals surface area contributed by atoms with Crippen LogP contribution in [0.25, 0.3) is 10.1 Å². The molecule has 2 rings (SSSR count). The molecule has 0 atom stereocenters. The molecule has 0 fully saturated rings. The molecule has 1 amide bonds. The molecule has 1 aromatic carbocycles. The van der Waals surface area contributed by atoms with Gasteiger partial charge in [-0.15, -0.1) is 11.3 Å². The first-order valence-corrected chi connectivity index (χ1v) is 5.98. The maximum atomic E-state index is 11.5. The molecule has 0 aliphatic carbocycles. The van der Waals surface area contributed by atoms with Gasteiger partial charge in [-0.1, -0.05) is 18.2 Å². The Hall–Kier alpha value is -1.88. The Morgan fingerprint density at radius 1 is 1.29 bits per heavy atom. The molecule has 17 heavy (non-hydrogen) atoms. The van der Waals surface area contributed by atoms with Gasteiger partial charge in [0.2, 0.25) is 5.91 Å². The zero-order chi connectivity index (χ0) is 12.3. The maximum Gasteiger partial charge on any atom is 0.322 e. The summed E-state index contributed by atoms with van der Waals surface area (Å²) in [5.41, 5.74) is 0.938. The summed E-state index contributed by atoms with van der Waals surface area (Å²) in [4.78, 5) is 21.8. The van der Waals surface area contributed by atoms with Gasteiger partial charge in [-0.2, -0.15) is 0 Å². The third-order valence-corrected chi connectivity index (χ3v) is 3.36. The molecule has 5 heteroatoms. The van der Waals surface area contributed by atoms with Gasteiger partial charge >= 0.3 is 5.97 Å². The minimum Gasteiger partial charge on any atom is -0.480 e. The van der Waals surface area contributed by atoms with Crippen molar-refractivity contribution in [3.05, 3.63) is 35.2 Å². The summed E-state index contributed by atoms with van der Waals surface area (Å²) in [5.74, 6) is -1.30. The predicted molar refractivity (Wildman–Crippen MR) is 66.2 cm³/mol. The predicted octanol–water partition coefficient (Wildman–Crippen LogP) is 1.64. The van der Waals surface area contributed by atoms with Crippen molar-refractivity contribution in [2.24, 2.45) is 0 Å². The molecule has 4 nitrogen and oxygen atoms in total. The van der Waals surface area contributed by atoms with E-state index in [4.69, 9.17) is 5.11 Å². The van der Waals surface area contributed by atoms with Crippen LogP contribution in [0.5, 0.6) is 0 Å². The summed E-state index contributed by atoms with van der Waals surface area (Å²) >= 11 is 1.58. The number of carboxylic acid groups (broad SMARTS) is 1. The van der Waals surface area contributed by atoms with Crippen LogP contribution in [0.2, 0.25) is 0 Å². The van der Waals surface area contributed by atoms with Gasteiger partial charge in [0.1, 0.15) is 6.54 Å². The van der Waals surface area contributed by atoms with Gasteiger partial charge in [0.05, 0.1) is 6.42 Å². The molecule has 88 valence electrons. The van der Waals surface area contributed by atoms with Crippen molar-refractivity contribution < 1.29 is 14.7 Å². The molecule has 0 radical (unpaired) electrons. The van der Waals surface area contributed by atoms with Crippen LogP contribution in [0.4, 0.5) is 0 Å². The lowest BCUT2D eigenvalue weighted by molar-refractivity contribution is -0.137. The van der Waals surface area contributed by atoms with E-state index in [9.17, 15) is 9.59 Å². The number of amides is 1. The highest BCUT2D eigenvalue weighted by molar-refractivity contribution is 7.17. The summed E-state index contributed by atoms with van der Waals surface area (Å²) in [6.07, 6.45) is 0.220. The molecule has 0 aliphatic rings. The van der Waals surface area contributed by atoms with Crippen molar-refractivity contribution >= 4 is 33.3 Å². The monoisotopic (exact) mass is 249 g/mol. The van der Waals surface area contributed by atoms with Crippen molar-refractivity contribution in [3.8, 4) is 0 Å². The van der Waals surface area contributed by atoms with Gasteiger partial charge in [-0.05, 0) is 22.4 Å². The largest absolute Gasteiger partial charge is 0.480 e. The highest BCUT2D eigenvalue weighted by Gasteiger charge is 2.09. The number of hydrogen-bond donors (Lipinski definition) is 2. The van der Waals surface area contributed by atoms with Gasteiger partial charge in [0.15, 0.2) is 0 Å². The van der Waals surface area contributed by atoms with Crippen molar-refractivity contribution in [2.75, 3.05) is 6.54 Å². The Labute approximate surface area is 102 Å². The maximum absolute atomic E-state index is 11.5. The second-order valence-corrected chi connectivity index (χ2v) is 4.52. The highest BCUT2D eigenvalue weighted by Crippen LogP contribution is 2.25. The minimum atomic E-state index is -1.03. The Balaban J connectivity index is 2.08. The Morgan fingerprint density at radius 2 is 2.06 bits per heavy atom. The zero-order valence-corrected chi connectivity index (χ0v) is 9.79. The number of hydrogen-bond acceptors (Lipinski definition) is 3. The summed E-state index contributed by atoms with van der Waals surface area (Å²) in [6, 6.07) is 7.84. The fourth-order valence-corrected chi connectivity index (χ4v) is 2.54. The number of nitrogens with one attached hydrogen (secondary N) is 1. The second kappa shape index (κ2) is 4.97. The first-order valence-electron chi connectivity index (χ1n) is 5.10. The lowest BCUT2D eigenvalue weighted by Gasteiger charge is -2.01. The number of carboxylic acids is 1. The minimum absolute atomic E-state index is 0.220. The van der Waals surface area contributed by atoms with E-state index in [1.54, 1.807) is 11.3 Å². The van der Waals surface area contributed by atoms with E-state index in [-0.39, 0.29) is 18.9 Å². The lowest BCUT2D eigenvalue weighted by atomic mass is 10.1. The fraction of sp³-hybridized carbons (Fsp3) is 0.167. The van der Waals surface area contributed by atoms with E-state index in [0.717, 1.165) is 15.6 Å². The number of carbonyl (C=O) groups excluding carboxylic acids is 1. The molecular weight excluding hydrogens is 238 g/mol. The van der Waals surface area contributed by atoms with Crippen LogP contribution in [0.3, 0.4) is 0 Å². The number of benzene rings is 1. The Kier molecular flexibility index (Phi) is 3.39. The SMILES string of the molecule is O=C(O)CNC(=O)Cc1csc2ccccc12. The summed E-state index contributed by atoms with van der Waals surface area (Å²) in [6.45, 7) is -0.332. The molecule has 1 aromatic heterocycles. The van der Waals surface area contributed by atoms with Gasteiger partial charge in [0, 0.05) is 4.70 Å². The molecule has 2 aromatic rings. The number of rotatable bonds is 4. The molecule has 0 unspecified atom stereocenters. The Morgan fingerprint density at radius 3 is 2.82 bits per heavy atom. The quantitative estimate of drug-likeness (QED) is 0.865. The normalized spacial score (nSPS) is 10.4. The molecule has 2 N–H and O–H groups in total. The number of aliphatic carboxylic acids is 1. The van der Waals surface area contributed by atoms with Crippen molar-refractivity contribution in [3.63, 3.8) is 0 Å². The number of fused-ring (bicyclic) bond motifs is 1. The van der Waals surface area contributed by atoms with Crippen LogP contribution in [-0.4, -0.2) is 23.5 Å². The fourth-order valence-electron chi connectivity index (χ4n) is 1.58. The second-order valence-electron chi connectivity index (χ2n) is 3.60. The van der Waals surface area contributed by atoms with E-state index >= 15 is 0 Å². The van der Waals surface area contributed by atoms with E-state index < -0.39 is 5.97 Å². The number of carbonyl (C=O) groups is 2. The van der Waals surface area contributed by atoms with Crippen LogP contribution >= 0.6 is 11.3 Å². The molecule has 0 spiro atoms. The topological polar surface area (TPSA) is 66.4 Å². The van der Waals surface area contributed by atoms with Gasteiger partial charge in [0.25, 0.3) is 0 Å². The summed E-state index contributed by atoms with van der Waals surface area (Å²) < 4.78 is 1.13. The van der Waals surface area contributed by atoms with E-state index in [1.807, 2.05) is 29.6 Å². The average Bonchev–Trinajstić information content (AvgIpc) is 2.70. The highest BCUT2D eigenvalue weighted by atomic mass is 32.1. The van der Waals surface area contributed by atoms with Gasteiger partial charge < -0.3 is 10.4 Å². The van der Waals surface area contributed by atoms with Gasteiger partial charge in [-0.25, -0.2) is 0 Å². The van der Waals surface area contributed by atoms with E-state index in [1.165, 1.54) is 0 Å². The smallest absolute Gasteiger partial charge is 0.322 e. The van der Waals surface area contributed by atoms with Crippen LogP contribution < -0.4 is 5.32 Å². The molecule has 0 aliphatic heterocycles. The van der Waals surface area contributed by atoms with Crippen molar-refractivity contribution in [1.29, 1.82) is 0 Å². The third kappa shape index (κ3) is 2.82. The molecule has 0 saturated carbocycles. The number of thiophene rings is 1. The van der Waals surface area contributed by atoms with Crippen LogP contribution in [0.1, 0.15) is 5.56 Å². The van der Waals surface area contributed by atoms with E-state index in [0.29, 0.717) is 0 Å². The van der Waals surface area contributed by atoms with Gasteiger partial charge in [-0.3, -0.25) is 9.59 Å². The summed E-state index contributed by atoms with van der Waals surface area (Å²) in [5, 5.41) is 13.8. The van der Waals surface area contributed by atoms with Crippen LogP contribution in [0.15, 0.2) is 29.6 Å². The first kappa shape index (κ1) is 11.6.